The van der Waals surface area contributed by atoms with Gasteiger partial charge in [-0.1, -0.05) is 40.2 Å². The lowest BCUT2D eigenvalue weighted by atomic mass is 10.2. The van der Waals surface area contributed by atoms with Crippen LogP contribution in [0.5, 0.6) is 11.5 Å². The van der Waals surface area contributed by atoms with Crippen LogP contribution in [0.3, 0.4) is 0 Å². The number of rotatable bonds is 12. The fourth-order valence-corrected chi connectivity index (χ4v) is 5.45. The fraction of sp³-hybridized carbons (Fsp3) is 0.167. The van der Waals surface area contributed by atoms with E-state index in [1.54, 1.807) is 60.7 Å². The van der Waals surface area contributed by atoms with Crippen LogP contribution in [0.4, 0.5) is 10.1 Å². The predicted molar refractivity (Wildman–Crippen MR) is 155 cm³/mol. The predicted octanol–water partition coefficient (Wildman–Crippen LogP) is 6.08. The number of carbonyl (C=O) groups excluding carboxylic acids is 1. The number of ether oxygens (including phenoxy) is 2. The smallest absolute Gasteiger partial charge is 0.264 e. The van der Waals surface area contributed by atoms with E-state index in [1.165, 1.54) is 24.3 Å². The van der Waals surface area contributed by atoms with Crippen LogP contribution in [-0.4, -0.2) is 27.5 Å². The van der Waals surface area contributed by atoms with Gasteiger partial charge in [-0.05, 0) is 90.8 Å². The summed E-state index contributed by atoms with van der Waals surface area (Å²) in [5, 5.41) is 2.79. The molecule has 4 aromatic rings. The summed E-state index contributed by atoms with van der Waals surface area (Å²) in [5.74, 6) is 0.457. The van der Waals surface area contributed by atoms with Crippen LogP contribution >= 0.6 is 15.9 Å². The second-order valence-corrected chi connectivity index (χ2v) is 11.5. The van der Waals surface area contributed by atoms with Gasteiger partial charge in [0.1, 0.15) is 30.5 Å². The molecule has 0 aliphatic carbocycles. The molecule has 0 unspecified atom stereocenters. The number of nitrogens with zero attached hydrogens (tertiary/aromatic N) is 1. The van der Waals surface area contributed by atoms with Crippen molar-refractivity contribution in [3.8, 4) is 11.5 Å². The molecule has 0 aliphatic rings. The number of hydrogen-bond acceptors (Lipinski definition) is 5. The largest absolute Gasteiger partial charge is 0.494 e. The average Bonchev–Trinajstić information content (AvgIpc) is 2.96. The van der Waals surface area contributed by atoms with Gasteiger partial charge in [0.25, 0.3) is 10.0 Å². The molecule has 7 nitrogen and oxygen atoms in total. The number of carbonyl (C=O) groups is 1. The number of nitrogens with one attached hydrogen (secondary N) is 1. The monoisotopic (exact) mass is 626 g/mol. The van der Waals surface area contributed by atoms with Gasteiger partial charge in [-0.25, -0.2) is 12.8 Å². The Labute approximate surface area is 241 Å². The van der Waals surface area contributed by atoms with Crippen molar-refractivity contribution >= 4 is 37.5 Å². The third-order valence-corrected chi connectivity index (χ3v) is 8.17. The Morgan fingerprint density at radius 1 is 0.825 bits per heavy atom. The molecular weight excluding hydrogens is 599 g/mol. The Balaban J connectivity index is 1.41. The molecule has 1 N–H and O–H groups in total. The Bertz CT molecular complexity index is 1510. The lowest BCUT2D eigenvalue weighted by Gasteiger charge is -2.24. The molecule has 0 saturated carbocycles. The molecule has 0 spiro atoms. The van der Waals surface area contributed by atoms with Crippen LogP contribution < -0.4 is 19.1 Å². The first-order valence-electron chi connectivity index (χ1n) is 12.5. The van der Waals surface area contributed by atoms with Crippen LogP contribution in [0, 0.1) is 5.82 Å². The maximum Gasteiger partial charge on any atom is 0.264 e. The third-order valence-electron chi connectivity index (χ3n) is 5.86. The summed E-state index contributed by atoms with van der Waals surface area (Å²) in [7, 11) is -4.04. The van der Waals surface area contributed by atoms with Crippen LogP contribution in [0.1, 0.15) is 18.1 Å². The number of sulfonamides is 1. The zero-order valence-corrected chi connectivity index (χ0v) is 24.1. The zero-order valence-electron chi connectivity index (χ0n) is 21.7. The van der Waals surface area contributed by atoms with Gasteiger partial charge >= 0.3 is 0 Å². The first-order chi connectivity index (χ1) is 19.2. The van der Waals surface area contributed by atoms with Gasteiger partial charge in [-0.3, -0.25) is 9.10 Å². The molecule has 0 aromatic heterocycles. The maximum absolute atomic E-state index is 13.5. The zero-order chi connectivity index (χ0) is 28.5. The number of amides is 1. The second-order valence-electron chi connectivity index (χ2n) is 8.73. The molecule has 0 radical (unpaired) electrons. The van der Waals surface area contributed by atoms with E-state index < -0.39 is 22.5 Å². The number of anilines is 1. The minimum absolute atomic E-state index is 0.0635. The summed E-state index contributed by atoms with van der Waals surface area (Å²) in [6, 6.07) is 26.0. The van der Waals surface area contributed by atoms with E-state index in [0.717, 1.165) is 19.9 Å². The summed E-state index contributed by atoms with van der Waals surface area (Å²) in [6.07, 6.45) is 0. The first kappa shape index (κ1) is 29.1. The third kappa shape index (κ3) is 7.83. The highest BCUT2D eigenvalue weighted by atomic mass is 79.9. The number of halogens is 2. The van der Waals surface area contributed by atoms with Crippen molar-refractivity contribution in [2.24, 2.45) is 0 Å². The molecule has 0 aliphatic heterocycles. The quantitative estimate of drug-likeness (QED) is 0.206. The molecule has 40 heavy (non-hydrogen) atoms. The molecule has 208 valence electrons. The van der Waals surface area contributed by atoms with Crippen molar-refractivity contribution in [1.29, 1.82) is 0 Å². The molecule has 0 saturated heterocycles. The van der Waals surface area contributed by atoms with Gasteiger partial charge in [0.15, 0.2) is 0 Å². The van der Waals surface area contributed by atoms with Crippen LogP contribution in [0.2, 0.25) is 0 Å². The molecule has 0 bridgehead atoms. The number of benzene rings is 4. The van der Waals surface area contributed by atoms with Gasteiger partial charge in [0, 0.05) is 11.0 Å². The SMILES string of the molecule is CCOc1ccc(N(CC(=O)NCc2ccc(OCc3ccc(F)cc3)cc2)S(=O)(=O)c2ccc(Br)cc2)cc1. The highest BCUT2D eigenvalue weighted by molar-refractivity contribution is 9.10. The van der Waals surface area contributed by atoms with Crippen molar-refractivity contribution in [3.63, 3.8) is 0 Å². The molecule has 4 rings (SSSR count). The van der Waals surface area contributed by atoms with Gasteiger partial charge < -0.3 is 14.8 Å². The summed E-state index contributed by atoms with van der Waals surface area (Å²) in [5.41, 5.74) is 1.99. The van der Waals surface area contributed by atoms with E-state index in [0.29, 0.717) is 30.4 Å². The molecule has 0 atom stereocenters. The summed E-state index contributed by atoms with van der Waals surface area (Å²) < 4.78 is 53.2. The second kappa shape index (κ2) is 13.5. The Hall–Kier alpha value is -3.89. The summed E-state index contributed by atoms with van der Waals surface area (Å²) in [6.45, 7) is 2.42. The van der Waals surface area contributed by atoms with E-state index in [1.807, 2.05) is 19.1 Å². The average molecular weight is 628 g/mol. The van der Waals surface area contributed by atoms with E-state index >= 15 is 0 Å². The highest BCUT2D eigenvalue weighted by Crippen LogP contribution is 2.27. The highest BCUT2D eigenvalue weighted by Gasteiger charge is 2.27. The number of hydrogen-bond donors (Lipinski definition) is 1. The van der Waals surface area contributed by atoms with E-state index in [2.05, 4.69) is 21.2 Å². The van der Waals surface area contributed by atoms with E-state index in [9.17, 15) is 17.6 Å². The normalized spacial score (nSPS) is 11.1. The lowest BCUT2D eigenvalue weighted by molar-refractivity contribution is -0.119. The molecule has 4 aromatic carbocycles. The summed E-state index contributed by atoms with van der Waals surface area (Å²) in [4.78, 5) is 13.0. The maximum atomic E-state index is 13.5. The lowest BCUT2D eigenvalue weighted by Crippen LogP contribution is -2.40. The standard InChI is InChI=1S/C30H28BrFN2O5S/c1-2-38-27-15-11-26(12-16-27)34(40(36,37)29-17-7-24(31)8-18-29)20-30(35)33-19-22-5-13-28(14-6-22)39-21-23-3-9-25(32)10-4-23/h3-18H,2,19-21H2,1H3,(H,33,35). The van der Waals surface area contributed by atoms with Crippen molar-refractivity contribution in [1.82, 2.24) is 5.32 Å². The van der Waals surface area contributed by atoms with Gasteiger partial charge in [0.2, 0.25) is 5.91 Å². The van der Waals surface area contributed by atoms with Crippen molar-refractivity contribution < 1.29 is 27.1 Å². The topological polar surface area (TPSA) is 84.9 Å². The Morgan fingerprint density at radius 2 is 1.40 bits per heavy atom. The first-order valence-corrected chi connectivity index (χ1v) is 14.7. The minimum Gasteiger partial charge on any atom is -0.494 e. The molecular formula is C30H28BrFN2O5S. The molecule has 1 amide bonds. The Kier molecular flexibility index (Phi) is 9.79. The van der Waals surface area contributed by atoms with E-state index in [-0.39, 0.29) is 17.3 Å². The minimum atomic E-state index is -4.04. The van der Waals surface area contributed by atoms with Crippen molar-refractivity contribution in [3.05, 3.63) is 118 Å². The van der Waals surface area contributed by atoms with Gasteiger partial charge in [-0.15, -0.1) is 0 Å². The van der Waals surface area contributed by atoms with Crippen molar-refractivity contribution in [2.75, 3.05) is 17.5 Å². The van der Waals surface area contributed by atoms with E-state index in [4.69, 9.17) is 9.47 Å². The van der Waals surface area contributed by atoms with Crippen LogP contribution in [0.25, 0.3) is 0 Å². The molecule has 0 fully saturated rings. The van der Waals surface area contributed by atoms with Crippen molar-refractivity contribution in [2.45, 2.75) is 25.0 Å². The summed E-state index contributed by atoms with van der Waals surface area (Å²) >= 11 is 3.32. The van der Waals surface area contributed by atoms with Gasteiger partial charge in [0.05, 0.1) is 17.2 Å². The van der Waals surface area contributed by atoms with Crippen LogP contribution in [0.15, 0.2) is 106 Å². The van der Waals surface area contributed by atoms with Crippen LogP contribution in [-0.2, 0) is 28.0 Å². The fourth-order valence-electron chi connectivity index (χ4n) is 3.76. The molecule has 10 heteroatoms. The van der Waals surface area contributed by atoms with Gasteiger partial charge in [-0.2, -0.15) is 0 Å². The Morgan fingerprint density at radius 3 is 2.02 bits per heavy atom. The molecule has 0 heterocycles.